The van der Waals surface area contributed by atoms with Gasteiger partial charge in [0.1, 0.15) is 0 Å². The average molecular weight is 168 g/mol. The molecule has 0 bridgehead atoms. The van der Waals surface area contributed by atoms with E-state index in [2.05, 4.69) is 4.99 Å². The molecule has 1 aliphatic rings. The average Bonchev–Trinajstić information content (AvgIpc) is 2.69. The van der Waals surface area contributed by atoms with Crippen LogP contribution >= 0.6 is 0 Å². The molecule has 0 spiro atoms. The molecule has 2 rings (SSSR count). The van der Waals surface area contributed by atoms with Gasteiger partial charge >= 0.3 is 0 Å². The Bertz CT molecular complexity index is 270. The molecule has 0 unspecified atom stereocenters. The van der Waals surface area contributed by atoms with Crippen LogP contribution in [-0.4, -0.2) is 6.21 Å². The molecule has 0 heterocycles. The van der Waals surface area contributed by atoms with Crippen LogP contribution in [0.4, 0.5) is 5.69 Å². The lowest BCUT2D eigenvalue weighted by atomic mass is 10.1. The zero-order valence-electron chi connectivity index (χ0n) is 7.22. The maximum Gasteiger partial charge on any atom is 0.0625 e. The highest BCUT2D eigenvalue weighted by Crippen LogP contribution is 2.22. The molecule has 1 saturated carbocycles. The van der Waals surface area contributed by atoms with E-state index in [4.69, 9.17) is 0 Å². The van der Waals surface area contributed by atoms with E-state index in [1.54, 1.807) is 0 Å². The number of benzene rings is 1. The summed E-state index contributed by atoms with van der Waals surface area (Å²) in [5, 5.41) is 0. The lowest BCUT2D eigenvalue weighted by molar-refractivity contribution is 1.43. The Balaban J connectivity index is 1.97. The molecule has 0 aliphatic heterocycles. The number of hydrogen-bond donors (Lipinski definition) is 0. The number of para-hydroxylation sites is 1. The number of rotatable bonds is 2. The number of hydrogen-bond acceptors (Lipinski definition) is 1. The van der Waals surface area contributed by atoms with Gasteiger partial charge in [0.15, 0.2) is 0 Å². The van der Waals surface area contributed by atoms with Crippen LogP contribution in [0.1, 0.15) is 0 Å². The lowest BCUT2D eigenvalue weighted by Gasteiger charge is -1.97. The highest BCUT2D eigenvalue weighted by Gasteiger charge is 2.13. The van der Waals surface area contributed by atoms with E-state index < -0.39 is 0 Å². The Morgan fingerprint density at radius 2 is 1.62 bits per heavy atom. The van der Waals surface area contributed by atoms with E-state index in [-0.39, 0.29) is 0 Å². The van der Waals surface area contributed by atoms with Gasteiger partial charge < -0.3 is 0 Å². The first-order chi connectivity index (χ1) is 6.45. The number of aliphatic imine (C=N–C) groups is 1. The van der Waals surface area contributed by atoms with Gasteiger partial charge in [-0.2, -0.15) is 0 Å². The first-order valence-corrected chi connectivity index (χ1v) is 4.26. The van der Waals surface area contributed by atoms with Crippen LogP contribution in [0.15, 0.2) is 35.3 Å². The minimum Gasteiger partial charge on any atom is -0.261 e. The predicted molar refractivity (Wildman–Crippen MR) is 55.0 cm³/mol. The second-order valence-corrected chi connectivity index (χ2v) is 2.81. The highest BCUT2D eigenvalue weighted by atomic mass is 14.7. The van der Waals surface area contributed by atoms with E-state index in [9.17, 15) is 0 Å². The van der Waals surface area contributed by atoms with E-state index in [0.29, 0.717) is 0 Å². The van der Waals surface area contributed by atoms with Crippen molar-refractivity contribution >= 4 is 11.9 Å². The second-order valence-electron chi connectivity index (χ2n) is 2.81. The largest absolute Gasteiger partial charge is 0.261 e. The van der Waals surface area contributed by atoms with Gasteiger partial charge in [0, 0.05) is 12.1 Å². The first kappa shape index (κ1) is 8.49. The topological polar surface area (TPSA) is 12.4 Å². The monoisotopic (exact) mass is 168 g/mol. The van der Waals surface area contributed by atoms with Crippen LogP contribution in [0.5, 0.6) is 0 Å². The van der Waals surface area contributed by atoms with E-state index in [1.165, 1.54) is 0 Å². The molecule has 0 aromatic heterocycles. The summed E-state index contributed by atoms with van der Waals surface area (Å²) >= 11 is 0. The molecule has 0 N–H and O–H groups in total. The van der Waals surface area contributed by atoms with Gasteiger partial charge in [0.2, 0.25) is 0 Å². The van der Waals surface area contributed by atoms with E-state index in [0.717, 1.165) is 11.6 Å². The fraction of sp³-hybridized carbons (Fsp3) is 0. The van der Waals surface area contributed by atoms with Gasteiger partial charge in [0.25, 0.3) is 0 Å². The van der Waals surface area contributed by atoms with Crippen LogP contribution in [-0.2, 0) is 0 Å². The van der Waals surface area contributed by atoms with Gasteiger partial charge in [0.05, 0.1) is 5.69 Å². The van der Waals surface area contributed by atoms with Crippen molar-refractivity contribution in [2.24, 2.45) is 4.99 Å². The zero-order chi connectivity index (χ0) is 8.93. The van der Waals surface area contributed by atoms with Gasteiger partial charge in [-0.25, -0.2) is 0 Å². The van der Waals surface area contributed by atoms with Crippen LogP contribution in [0, 0.1) is 31.6 Å². The summed E-state index contributed by atoms with van der Waals surface area (Å²) < 4.78 is 0. The first-order valence-electron chi connectivity index (χ1n) is 4.26. The summed E-state index contributed by atoms with van der Waals surface area (Å²) in [6.45, 7) is 0. The van der Waals surface area contributed by atoms with Crippen molar-refractivity contribution in [3.8, 4) is 0 Å². The van der Waals surface area contributed by atoms with Gasteiger partial charge in [-0.05, 0) is 37.8 Å². The van der Waals surface area contributed by atoms with Crippen LogP contribution in [0.2, 0.25) is 0 Å². The van der Waals surface area contributed by atoms with Crippen molar-refractivity contribution in [1.29, 1.82) is 0 Å². The minimum absolute atomic E-state index is 0.990. The van der Waals surface area contributed by atoms with Crippen molar-refractivity contribution in [3.05, 3.63) is 61.9 Å². The second kappa shape index (κ2) is 4.22. The zero-order valence-corrected chi connectivity index (χ0v) is 7.22. The molecule has 1 nitrogen and oxygen atoms in total. The molecule has 1 aromatic carbocycles. The van der Waals surface area contributed by atoms with Gasteiger partial charge in [-0.1, -0.05) is 18.2 Å². The molecule has 0 amide bonds. The Morgan fingerprint density at radius 3 is 2.31 bits per heavy atom. The highest BCUT2D eigenvalue weighted by molar-refractivity contribution is 5.84. The molecular weight excluding hydrogens is 158 g/mol. The van der Waals surface area contributed by atoms with Crippen molar-refractivity contribution in [2.45, 2.75) is 0 Å². The fourth-order valence-corrected chi connectivity index (χ4v) is 1.14. The van der Waals surface area contributed by atoms with Crippen molar-refractivity contribution in [1.82, 2.24) is 0 Å². The Morgan fingerprint density at radius 1 is 0.923 bits per heavy atom. The van der Waals surface area contributed by atoms with Crippen LogP contribution in [0.3, 0.4) is 0 Å². The third-order valence-corrected chi connectivity index (χ3v) is 1.81. The summed E-state index contributed by atoms with van der Waals surface area (Å²) in [5.41, 5.74) is 0.990. The number of nitrogens with zero attached hydrogens (tertiary/aromatic N) is 1. The lowest BCUT2D eigenvalue weighted by Crippen LogP contribution is -1.91. The smallest absolute Gasteiger partial charge is 0.0625 e. The summed E-state index contributed by atoms with van der Waals surface area (Å²) in [6, 6.07) is 9.93. The molecule has 0 atom stereocenters. The van der Waals surface area contributed by atoms with E-state index >= 15 is 0 Å². The maximum atomic E-state index is 4.32. The van der Waals surface area contributed by atoms with Crippen LogP contribution < -0.4 is 0 Å². The van der Waals surface area contributed by atoms with Gasteiger partial charge in [-0.15, -0.1) is 0 Å². The quantitative estimate of drug-likeness (QED) is 0.602. The summed E-state index contributed by atoms with van der Waals surface area (Å²) in [7, 11) is 0. The Hall–Kier alpha value is -1.11. The molecule has 1 aromatic rings. The van der Waals surface area contributed by atoms with E-state index in [1.807, 2.05) is 62.2 Å². The molecule has 63 valence electrons. The molecule has 1 heteroatoms. The summed E-state index contributed by atoms with van der Waals surface area (Å²) in [4.78, 5) is 4.32. The standard InChI is InChI=1S/C12H10N/c1-2-8-12(9-3-1)13-10-11-6-4-5-7-11/h1-10H. The molecular formula is C12H10N. The minimum atomic E-state index is 0.990. The van der Waals surface area contributed by atoms with Crippen molar-refractivity contribution in [2.75, 3.05) is 0 Å². The third-order valence-electron chi connectivity index (χ3n) is 1.81. The summed E-state index contributed by atoms with van der Waals surface area (Å²) in [6.07, 6.45) is 9.95. The van der Waals surface area contributed by atoms with Crippen LogP contribution in [0.25, 0.3) is 0 Å². The maximum absolute atomic E-state index is 4.32. The Labute approximate surface area is 79.5 Å². The van der Waals surface area contributed by atoms with Crippen molar-refractivity contribution in [3.63, 3.8) is 0 Å². The molecule has 5 radical (unpaired) electrons. The fourth-order valence-electron chi connectivity index (χ4n) is 1.14. The molecule has 1 aliphatic carbocycles. The Kier molecular flexibility index (Phi) is 2.75. The molecule has 13 heavy (non-hydrogen) atoms. The summed E-state index contributed by atoms with van der Waals surface area (Å²) in [5.74, 6) is 1.14. The third kappa shape index (κ3) is 2.41. The molecule has 0 saturated heterocycles. The van der Waals surface area contributed by atoms with Gasteiger partial charge in [-0.3, -0.25) is 4.99 Å². The SMILES string of the molecule is [CH]1[CH][CH][C](C=Nc2ccccc2)[CH]1. The molecule has 1 fully saturated rings. The normalized spacial score (nSPS) is 18.5. The predicted octanol–water partition coefficient (Wildman–Crippen LogP) is 2.79. The van der Waals surface area contributed by atoms with Crippen molar-refractivity contribution < 1.29 is 0 Å².